The molecule has 0 saturated heterocycles. The molecule has 3 aromatic rings. The summed E-state index contributed by atoms with van der Waals surface area (Å²) in [5.74, 6) is -0.391. The van der Waals surface area contributed by atoms with Gasteiger partial charge in [-0.25, -0.2) is 0 Å². The Bertz CT molecular complexity index is 1100. The van der Waals surface area contributed by atoms with E-state index < -0.39 is 5.91 Å². The summed E-state index contributed by atoms with van der Waals surface area (Å²) in [5.41, 5.74) is 4.37. The lowest BCUT2D eigenvalue weighted by molar-refractivity contribution is -0.112. The Labute approximate surface area is 165 Å². The molecule has 4 heteroatoms. The highest BCUT2D eigenvalue weighted by Gasteiger charge is 2.16. The van der Waals surface area contributed by atoms with Crippen molar-refractivity contribution in [1.82, 2.24) is 0 Å². The summed E-state index contributed by atoms with van der Waals surface area (Å²) in [7, 11) is 0. The monoisotopic (exact) mass is 450 g/mol. The van der Waals surface area contributed by atoms with Gasteiger partial charge in [-0.3, -0.25) is 4.79 Å². The molecule has 0 bridgehead atoms. The molecule has 1 aliphatic rings. The van der Waals surface area contributed by atoms with Crippen LogP contribution in [-0.2, 0) is 17.6 Å². The predicted molar refractivity (Wildman–Crippen MR) is 113 cm³/mol. The number of aryl methyl sites for hydroxylation is 2. The Morgan fingerprint density at radius 3 is 2.62 bits per heavy atom. The molecule has 0 aromatic heterocycles. The van der Waals surface area contributed by atoms with E-state index in [0.29, 0.717) is 5.69 Å². The first kappa shape index (κ1) is 16.8. The Hall–Kier alpha value is -2.65. The van der Waals surface area contributed by atoms with Gasteiger partial charge >= 0.3 is 0 Å². The summed E-state index contributed by atoms with van der Waals surface area (Å²) in [6.07, 6.45) is 3.79. The number of nitrogens with zero attached hydrogens (tertiary/aromatic N) is 1. The highest BCUT2D eigenvalue weighted by atomic mass is 127. The molecule has 1 N–H and O–H groups in total. The van der Waals surface area contributed by atoms with Crippen LogP contribution in [0.25, 0.3) is 16.8 Å². The fraction of sp³-hybridized carbons (Fsp3) is 0.0909. The van der Waals surface area contributed by atoms with E-state index in [9.17, 15) is 10.1 Å². The molecule has 0 aliphatic heterocycles. The molecule has 0 unspecified atom stereocenters. The van der Waals surface area contributed by atoms with E-state index in [4.69, 9.17) is 0 Å². The molecule has 0 saturated carbocycles. The van der Waals surface area contributed by atoms with Crippen molar-refractivity contribution in [3.63, 3.8) is 0 Å². The fourth-order valence-electron chi connectivity index (χ4n) is 3.46. The van der Waals surface area contributed by atoms with E-state index in [0.717, 1.165) is 27.4 Å². The van der Waals surface area contributed by atoms with Crippen LogP contribution in [0.15, 0.2) is 60.2 Å². The summed E-state index contributed by atoms with van der Waals surface area (Å²) in [6.45, 7) is 0. The number of carbonyl (C=O) groups is 1. The van der Waals surface area contributed by atoms with Crippen LogP contribution < -0.4 is 5.32 Å². The van der Waals surface area contributed by atoms with Crippen LogP contribution >= 0.6 is 22.6 Å². The van der Waals surface area contributed by atoms with Gasteiger partial charge in [-0.1, -0.05) is 36.4 Å². The number of carbonyl (C=O) groups excluding carboxylic acids is 1. The van der Waals surface area contributed by atoms with E-state index >= 15 is 0 Å². The fourth-order valence-corrected chi connectivity index (χ4v) is 4.01. The number of benzene rings is 3. The van der Waals surface area contributed by atoms with Gasteiger partial charge in [0, 0.05) is 9.26 Å². The minimum Gasteiger partial charge on any atom is -0.321 e. The quantitative estimate of drug-likeness (QED) is 0.344. The van der Waals surface area contributed by atoms with Crippen LogP contribution in [0, 0.1) is 14.9 Å². The van der Waals surface area contributed by atoms with E-state index in [-0.39, 0.29) is 5.57 Å². The first-order valence-electron chi connectivity index (χ1n) is 8.38. The minimum atomic E-state index is -0.391. The highest BCUT2D eigenvalue weighted by Crippen LogP contribution is 2.33. The van der Waals surface area contributed by atoms with Crippen LogP contribution in [0.5, 0.6) is 0 Å². The van der Waals surface area contributed by atoms with Crippen molar-refractivity contribution < 1.29 is 4.79 Å². The summed E-state index contributed by atoms with van der Waals surface area (Å²) in [5, 5.41) is 14.7. The maximum absolute atomic E-state index is 12.5. The number of hydrogen-bond acceptors (Lipinski definition) is 2. The topological polar surface area (TPSA) is 52.9 Å². The van der Waals surface area contributed by atoms with Crippen LogP contribution in [0.4, 0.5) is 5.69 Å². The van der Waals surface area contributed by atoms with Gasteiger partial charge in [0.05, 0.1) is 0 Å². The number of nitrogens with one attached hydrogen (secondary N) is 1. The highest BCUT2D eigenvalue weighted by molar-refractivity contribution is 14.1. The number of anilines is 1. The van der Waals surface area contributed by atoms with Gasteiger partial charge in [0.2, 0.25) is 0 Å². The first-order chi connectivity index (χ1) is 12.7. The van der Waals surface area contributed by atoms with Crippen molar-refractivity contribution in [1.29, 1.82) is 5.26 Å². The average Bonchev–Trinajstić information content (AvgIpc) is 3.06. The SMILES string of the molecule is N#C/C(=C\c1ccc2c3c(cccc13)CC2)C(=O)Nc1cccc(I)c1. The molecule has 3 nitrogen and oxygen atoms in total. The van der Waals surface area contributed by atoms with E-state index in [2.05, 4.69) is 46.1 Å². The van der Waals surface area contributed by atoms with Crippen molar-refractivity contribution in [2.45, 2.75) is 12.8 Å². The van der Waals surface area contributed by atoms with Gasteiger partial charge in [-0.15, -0.1) is 0 Å². The second-order valence-corrected chi connectivity index (χ2v) is 7.53. The summed E-state index contributed by atoms with van der Waals surface area (Å²) < 4.78 is 1.02. The molecular weight excluding hydrogens is 435 g/mol. The molecule has 0 heterocycles. The smallest absolute Gasteiger partial charge is 0.266 e. The zero-order chi connectivity index (χ0) is 18.1. The average molecular weight is 450 g/mol. The van der Waals surface area contributed by atoms with Gasteiger partial charge in [0.1, 0.15) is 11.6 Å². The van der Waals surface area contributed by atoms with E-state index in [1.165, 1.54) is 16.5 Å². The number of rotatable bonds is 3. The second kappa shape index (κ2) is 6.93. The zero-order valence-electron chi connectivity index (χ0n) is 13.9. The van der Waals surface area contributed by atoms with Gasteiger partial charge < -0.3 is 5.32 Å². The second-order valence-electron chi connectivity index (χ2n) is 6.29. The van der Waals surface area contributed by atoms with Crippen molar-refractivity contribution >= 4 is 51.0 Å². The molecule has 0 atom stereocenters. The molecule has 0 fully saturated rings. The van der Waals surface area contributed by atoms with Gasteiger partial charge in [0.15, 0.2) is 0 Å². The Balaban J connectivity index is 1.72. The lowest BCUT2D eigenvalue weighted by atomic mass is 9.98. The van der Waals surface area contributed by atoms with Crippen LogP contribution in [0.3, 0.4) is 0 Å². The van der Waals surface area contributed by atoms with Crippen LogP contribution in [0.2, 0.25) is 0 Å². The molecule has 126 valence electrons. The Morgan fingerprint density at radius 2 is 1.85 bits per heavy atom. The number of halogens is 1. The molecule has 26 heavy (non-hydrogen) atoms. The molecule has 0 spiro atoms. The maximum Gasteiger partial charge on any atom is 0.266 e. The van der Waals surface area contributed by atoms with E-state index in [1.54, 1.807) is 6.08 Å². The van der Waals surface area contributed by atoms with Crippen molar-refractivity contribution in [2.24, 2.45) is 0 Å². The number of nitriles is 1. The van der Waals surface area contributed by atoms with Crippen molar-refractivity contribution in [2.75, 3.05) is 5.32 Å². The Kier molecular flexibility index (Phi) is 4.48. The lowest BCUT2D eigenvalue weighted by Gasteiger charge is -2.07. The van der Waals surface area contributed by atoms with Crippen molar-refractivity contribution in [3.8, 4) is 6.07 Å². The normalized spacial score (nSPS) is 12.8. The third kappa shape index (κ3) is 3.11. The molecule has 4 rings (SSSR count). The van der Waals surface area contributed by atoms with Crippen LogP contribution in [0.1, 0.15) is 16.7 Å². The molecule has 1 amide bonds. The van der Waals surface area contributed by atoms with Gasteiger partial charge in [-0.2, -0.15) is 5.26 Å². The first-order valence-corrected chi connectivity index (χ1v) is 9.46. The summed E-state index contributed by atoms with van der Waals surface area (Å²) >= 11 is 2.19. The predicted octanol–water partition coefficient (Wildman–Crippen LogP) is 5.09. The standard InChI is InChI=1S/C22H15IN2O/c23-18-4-2-5-19(12-18)25-22(26)17(13-24)11-16-10-9-15-8-7-14-3-1-6-20(16)21(14)15/h1-6,9-12H,7-8H2,(H,25,26)/b17-11+. The van der Waals surface area contributed by atoms with Gasteiger partial charge in [0.25, 0.3) is 5.91 Å². The largest absolute Gasteiger partial charge is 0.321 e. The molecule has 1 aliphatic carbocycles. The lowest BCUT2D eigenvalue weighted by Crippen LogP contribution is -2.13. The third-order valence-electron chi connectivity index (χ3n) is 4.66. The molecular formula is C22H15IN2O. The summed E-state index contributed by atoms with van der Waals surface area (Å²) in [6, 6.07) is 19.9. The number of hydrogen-bond donors (Lipinski definition) is 1. The van der Waals surface area contributed by atoms with Gasteiger partial charge in [-0.05, 0) is 87.2 Å². The molecule has 3 aromatic carbocycles. The van der Waals surface area contributed by atoms with Crippen molar-refractivity contribution in [3.05, 3.63) is 80.4 Å². The maximum atomic E-state index is 12.5. The Morgan fingerprint density at radius 1 is 1.08 bits per heavy atom. The summed E-state index contributed by atoms with van der Waals surface area (Å²) in [4.78, 5) is 12.5. The third-order valence-corrected chi connectivity index (χ3v) is 5.33. The zero-order valence-corrected chi connectivity index (χ0v) is 16.1. The molecule has 0 radical (unpaired) electrons. The number of amides is 1. The minimum absolute atomic E-state index is 0.0996. The van der Waals surface area contributed by atoms with E-state index in [1.807, 2.05) is 42.5 Å². The van der Waals surface area contributed by atoms with Crippen LogP contribution in [-0.4, -0.2) is 5.91 Å².